The van der Waals surface area contributed by atoms with Crippen molar-refractivity contribution < 1.29 is 13.9 Å². The van der Waals surface area contributed by atoms with Gasteiger partial charge in [-0.05, 0) is 37.3 Å². The van der Waals surface area contributed by atoms with Gasteiger partial charge in [-0.3, -0.25) is 9.36 Å². The Morgan fingerprint density at radius 3 is 2.77 bits per heavy atom. The molecule has 1 aromatic heterocycles. The first kappa shape index (κ1) is 16.7. The van der Waals surface area contributed by atoms with Crippen LogP contribution in [0.1, 0.15) is 30.4 Å². The summed E-state index contributed by atoms with van der Waals surface area (Å²) in [5.41, 5.74) is 8.31. The Morgan fingerprint density at radius 2 is 2.00 bits per heavy atom. The third-order valence-electron chi connectivity index (χ3n) is 4.56. The summed E-state index contributed by atoms with van der Waals surface area (Å²) in [6, 6.07) is 9.25. The topological polar surface area (TPSA) is 79.4 Å². The van der Waals surface area contributed by atoms with Gasteiger partial charge in [0.2, 0.25) is 0 Å². The molecule has 1 aliphatic heterocycles. The number of nitrogens with two attached hydrogens (primary N) is 1. The quantitative estimate of drug-likeness (QED) is 0.731. The van der Waals surface area contributed by atoms with Gasteiger partial charge < -0.3 is 15.2 Å². The summed E-state index contributed by atoms with van der Waals surface area (Å²) in [5.74, 6) is -0.397. The minimum Gasteiger partial charge on any atom is -0.399 e. The Balaban J connectivity index is 1.84. The highest BCUT2D eigenvalue weighted by Crippen LogP contribution is 2.29. The van der Waals surface area contributed by atoms with E-state index in [1.165, 1.54) is 16.8 Å². The second-order valence-corrected chi connectivity index (χ2v) is 6.25. The first-order valence-electron chi connectivity index (χ1n) is 8.34. The third-order valence-corrected chi connectivity index (χ3v) is 4.56. The van der Waals surface area contributed by atoms with Gasteiger partial charge in [-0.15, -0.1) is 0 Å². The molecule has 2 heterocycles. The second-order valence-electron chi connectivity index (χ2n) is 6.25. The lowest BCUT2D eigenvalue weighted by molar-refractivity contribution is -0.0442. The minimum atomic E-state index is -0.544. The number of nitrogens with zero attached hydrogens (tertiary/aromatic N) is 2. The number of rotatable bonds is 3. The Morgan fingerprint density at radius 1 is 1.23 bits per heavy atom. The van der Waals surface area contributed by atoms with Crippen molar-refractivity contribution in [1.29, 1.82) is 0 Å². The maximum Gasteiger partial charge on any atom is 0.270 e. The molecule has 6 nitrogen and oxygen atoms in total. The molecule has 134 valence electrons. The molecule has 2 aromatic carbocycles. The van der Waals surface area contributed by atoms with E-state index >= 15 is 0 Å². The molecule has 1 saturated heterocycles. The summed E-state index contributed by atoms with van der Waals surface area (Å²) in [7, 11) is 0. The number of hydrogen-bond acceptors (Lipinski definition) is 5. The first-order chi connectivity index (χ1) is 12.5. The fourth-order valence-electron chi connectivity index (χ4n) is 3.27. The van der Waals surface area contributed by atoms with Crippen molar-refractivity contribution in [2.75, 3.05) is 18.9 Å². The number of aromatic nitrogens is 2. The maximum absolute atomic E-state index is 14.6. The Labute approximate surface area is 149 Å². The molecule has 0 spiro atoms. The number of benzene rings is 2. The van der Waals surface area contributed by atoms with Crippen LogP contribution in [0.5, 0.6) is 0 Å². The fourth-order valence-corrected chi connectivity index (χ4v) is 3.27. The van der Waals surface area contributed by atoms with Gasteiger partial charge in [-0.2, -0.15) is 0 Å². The minimum absolute atomic E-state index is 0.312. The monoisotopic (exact) mass is 355 g/mol. The zero-order valence-electron chi connectivity index (χ0n) is 14.2. The van der Waals surface area contributed by atoms with Crippen molar-refractivity contribution in [1.82, 2.24) is 9.55 Å². The van der Waals surface area contributed by atoms with E-state index < -0.39 is 18.1 Å². The van der Waals surface area contributed by atoms with Crippen LogP contribution in [0.2, 0.25) is 0 Å². The molecule has 0 amide bonds. The molecule has 0 bridgehead atoms. The summed E-state index contributed by atoms with van der Waals surface area (Å²) < 4.78 is 27.0. The van der Waals surface area contributed by atoms with Crippen LogP contribution in [0.3, 0.4) is 0 Å². The summed E-state index contributed by atoms with van der Waals surface area (Å²) >= 11 is 0. The summed E-state index contributed by atoms with van der Waals surface area (Å²) in [6.07, 6.45) is 0.718. The number of nitrogen functional groups attached to an aromatic ring is 1. The first-order valence-corrected chi connectivity index (χ1v) is 8.34. The molecule has 3 aromatic rings. The molecule has 26 heavy (non-hydrogen) atoms. The highest BCUT2D eigenvalue weighted by molar-refractivity contribution is 5.78. The summed E-state index contributed by atoms with van der Waals surface area (Å²) in [5, 5.41) is 0. The smallest absolute Gasteiger partial charge is 0.270 e. The molecule has 0 unspecified atom stereocenters. The fraction of sp³-hybridized carbons (Fsp3) is 0.263. The summed E-state index contributed by atoms with van der Waals surface area (Å²) in [4.78, 5) is 16.6. The van der Waals surface area contributed by atoms with Crippen LogP contribution in [0.25, 0.3) is 11.0 Å². The van der Waals surface area contributed by atoms with E-state index in [0.717, 1.165) is 5.56 Å². The molecule has 1 atom stereocenters. The van der Waals surface area contributed by atoms with E-state index in [2.05, 4.69) is 4.98 Å². The Hall–Kier alpha value is -2.77. The Kier molecular flexibility index (Phi) is 4.18. The van der Waals surface area contributed by atoms with Crippen molar-refractivity contribution in [2.24, 2.45) is 0 Å². The van der Waals surface area contributed by atoms with Crippen molar-refractivity contribution in [3.63, 3.8) is 0 Å². The van der Waals surface area contributed by atoms with Gasteiger partial charge in [0.05, 0.1) is 36.5 Å². The lowest BCUT2D eigenvalue weighted by Gasteiger charge is -2.20. The van der Waals surface area contributed by atoms with E-state index in [1.807, 2.05) is 0 Å². The number of halogens is 1. The molecular weight excluding hydrogens is 337 g/mol. The zero-order valence-corrected chi connectivity index (χ0v) is 14.2. The van der Waals surface area contributed by atoms with E-state index in [4.69, 9.17) is 15.2 Å². The maximum atomic E-state index is 14.6. The van der Waals surface area contributed by atoms with Gasteiger partial charge in [-0.25, -0.2) is 9.37 Å². The SMILES string of the molecule is C[C@@H](c1cc(C2OCCO2)ccc1F)n1c(=O)cnc2cc(N)ccc21. The van der Waals surface area contributed by atoms with Crippen LogP contribution in [-0.2, 0) is 9.47 Å². The average molecular weight is 355 g/mol. The number of ether oxygens (including phenoxy) is 2. The number of fused-ring (bicyclic) bond motifs is 1. The molecule has 2 N–H and O–H groups in total. The van der Waals surface area contributed by atoms with Gasteiger partial charge in [0.1, 0.15) is 5.82 Å². The lowest BCUT2D eigenvalue weighted by atomic mass is 10.0. The Bertz CT molecular complexity index is 1030. The van der Waals surface area contributed by atoms with Gasteiger partial charge in [0.15, 0.2) is 6.29 Å². The molecular formula is C19H18FN3O3. The zero-order chi connectivity index (χ0) is 18.3. The third kappa shape index (κ3) is 2.85. The molecule has 4 rings (SSSR count). The lowest BCUT2D eigenvalue weighted by Crippen LogP contribution is -2.25. The van der Waals surface area contributed by atoms with Crippen molar-refractivity contribution in [3.8, 4) is 0 Å². The van der Waals surface area contributed by atoms with Crippen LogP contribution in [0, 0.1) is 5.82 Å². The van der Waals surface area contributed by atoms with Crippen LogP contribution >= 0.6 is 0 Å². The molecule has 0 saturated carbocycles. The second kappa shape index (κ2) is 6.51. The number of hydrogen-bond donors (Lipinski definition) is 1. The van der Waals surface area contributed by atoms with Gasteiger partial charge in [0, 0.05) is 16.8 Å². The van der Waals surface area contributed by atoms with Gasteiger partial charge in [0.25, 0.3) is 5.56 Å². The largest absolute Gasteiger partial charge is 0.399 e. The van der Waals surface area contributed by atoms with E-state index in [-0.39, 0.29) is 5.56 Å². The average Bonchev–Trinajstić information content (AvgIpc) is 3.16. The van der Waals surface area contributed by atoms with Crippen LogP contribution in [0.4, 0.5) is 10.1 Å². The van der Waals surface area contributed by atoms with Crippen molar-refractivity contribution in [2.45, 2.75) is 19.3 Å². The standard InChI is InChI=1S/C19H18FN3O3/c1-11(14-8-12(2-4-15(14)20)19-25-6-7-26-19)23-17-5-3-13(21)9-16(17)22-10-18(23)24/h2-5,8-11,19H,6-7,21H2,1H3/t11-/m0/s1. The van der Waals surface area contributed by atoms with Crippen LogP contribution in [-0.4, -0.2) is 22.8 Å². The molecule has 7 heteroatoms. The van der Waals surface area contributed by atoms with E-state index in [0.29, 0.717) is 35.5 Å². The van der Waals surface area contributed by atoms with Crippen molar-refractivity contribution in [3.05, 3.63) is 69.9 Å². The molecule has 1 fully saturated rings. The van der Waals surface area contributed by atoms with Gasteiger partial charge in [-0.1, -0.05) is 6.07 Å². The highest BCUT2D eigenvalue weighted by Gasteiger charge is 2.22. The molecule has 0 aliphatic carbocycles. The molecule has 1 aliphatic rings. The predicted octanol–water partition coefficient (Wildman–Crippen LogP) is 2.77. The normalized spacial score (nSPS) is 16.2. The van der Waals surface area contributed by atoms with E-state index in [1.54, 1.807) is 37.3 Å². The van der Waals surface area contributed by atoms with Gasteiger partial charge >= 0.3 is 0 Å². The van der Waals surface area contributed by atoms with Crippen LogP contribution < -0.4 is 11.3 Å². The molecule has 0 radical (unpaired) electrons. The number of anilines is 1. The van der Waals surface area contributed by atoms with E-state index in [9.17, 15) is 9.18 Å². The summed E-state index contributed by atoms with van der Waals surface area (Å²) in [6.45, 7) is 2.78. The highest BCUT2D eigenvalue weighted by atomic mass is 19.1. The van der Waals surface area contributed by atoms with Crippen LogP contribution in [0.15, 0.2) is 47.4 Å². The predicted molar refractivity (Wildman–Crippen MR) is 95.3 cm³/mol. The van der Waals surface area contributed by atoms with Crippen molar-refractivity contribution >= 4 is 16.7 Å².